The summed E-state index contributed by atoms with van der Waals surface area (Å²) in [5.41, 5.74) is 18.2. The molecule has 7 aromatic carbocycles. The van der Waals surface area contributed by atoms with Gasteiger partial charge in [0, 0.05) is 71.6 Å². The van der Waals surface area contributed by atoms with Gasteiger partial charge < -0.3 is 9.80 Å². The van der Waals surface area contributed by atoms with E-state index < -0.39 is 0 Å². The van der Waals surface area contributed by atoms with Crippen LogP contribution < -0.4 is 9.80 Å². The molecule has 4 heteroatoms. The Morgan fingerprint density at radius 2 is 1.25 bits per heavy atom. The van der Waals surface area contributed by atoms with Gasteiger partial charge in [-0.3, -0.25) is 0 Å². The maximum absolute atomic E-state index is 2.63. The Bertz CT molecular complexity index is 3150. The van der Waals surface area contributed by atoms with Crippen molar-refractivity contribution in [1.82, 2.24) is 0 Å². The zero-order valence-corrected chi connectivity index (χ0v) is 35.7. The van der Waals surface area contributed by atoms with Crippen molar-refractivity contribution in [3.63, 3.8) is 0 Å². The molecule has 13 rings (SSSR count). The zero-order valence-electron chi connectivity index (χ0n) is 34.0. The predicted molar refractivity (Wildman–Crippen MR) is 259 cm³/mol. The molecule has 2 heterocycles. The summed E-state index contributed by atoms with van der Waals surface area (Å²) in [4.78, 5) is 8.01. The molecule has 292 valence electrons. The molecule has 0 N–H and O–H groups in total. The zero-order chi connectivity index (χ0) is 40.5. The lowest BCUT2D eigenvalue weighted by molar-refractivity contribution is 0.660. The highest BCUT2D eigenvalue weighted by molar-refractivity contribution is 8.00. The van der Waals surface area contributed by atoms with Gasteiger partial charge in [-0.25, -0.2) is 0 Å². The third-order valence-corrected chi connectivity index (χ3v) is 16.5. The van der Waals surface area contributed by atoms with Crippen LogP contribution in [0.2, 0.25) is 0 Å². The van der Waals surface area contributed by atoms with Crippen molar-refractivity contribution in [2.24, 2.45) is 0 Å². The predicted octanol–water partition coefficient (Wildman–Crippen LogP) is 15.4. The highest BCUT2D eigenvalue weighted by Gasteiger charge is 2.61. The standard InChI is InChI=1S/C57H42N2S2/c1-56(2)48-24-14-12-22-43(48)44-28-26-42(34-49(44)56)58(50-31-37(36-16-6-3-7-17-36)30-46-45-23-13-15-25-51(45)61-55(46)50)41-27-29-52-47(33-41)54-53(60-52)32-38-35-57(38,54)59(39-18-8-4-9-19-39)40-20-10-5-11-21-40/h3-34,46,55H,35H2,1-2H3. The van der Waals surface area contributed by atoms with Gasteiger partial charge in [0.15, 0.2) is 0 Å². The Labute approximate surface area is 365 Å². The summed E-state index contributed by atoms with van der Waals surface area (Å²) in [6.07, 6.45) is 8.55. The summed E-state index contributed by atoms with van der Waals surface area (Å²) in [7, 11) is 0. The highest BCUT2D eigenvalue weighted by atomic mass is 32.2. The first kappa shape index (κ1) is 35.4. The fraction of sp³-hybridized carbons (Fsp3) is 0.123. The molecule has 1 aromatic heterocycles. The van der Waals surface area contributed by atoms with E-state index in [1.54, 1.807) is 0 Å². The number of allylic oxidation sites excluding steroid dienone is 3. The first-order valence-electron chi connectivity index (χ1n) is 21.4. The largest absolute Gasteiger partial charge is 0.327 e. The van der Waals surface area contributed by atoms with E-state index in [2.05, 4.69) is 218 Å². The Hall–Kier alpha value is -6.33. The highest BCUT2D eigenvalue weighted by Crippen LogP contribution is 2.68. The van der Waals surface area contributed by atoms with E-state index in [9.17, 15) is 0 Å². The Morgan fingerprint density at radius 1 is 0.590 bits per heavy atom. The van der Waals surface area contributed by atoms with E-state index in [1.165, 1.54) is 98.4 Å². The molecule has 0 bridgehead atoms. The molecule has 61 heavy (non-hydrogen) atoms. The van der Waals surface area contributed by atoms with Crippen LogP contribution in [0.4, 0.5) is 22.7 Å². The maximum atomic E-state index is 2.63. The number of nitrogens with zero attached hydrogens (tertiary/aromatic N) is 2. The SMILES string of the molecule is CC1(C)c2ccccc2-c2ccc(N(C3=CC(c4ccccc4)=CC4c5ccccc5SC34)c3ccc4sc5c(c4c3)C3(N(c4ccccc4)c4ccccc4)CC3=C5)cc21. The number of para-hydroxylation sites is 2. The first-order chi connectivity index (χ1) is 30.0. The number of thiophene rings is 1. The quantitative estimate of drug-likeness (QED) is 0.158. The molecule has 0 saturated heterocycles. The Morgan fingerprint density at radius 3 is 2.03 bits per heavy atom. The lowest BCUT2D eigenvalue weighted by Crippen LogP contribution is -2.31. The van der Waals surface area contributed by atoms with E-state index in [1.807, 2.05) is 23.1 Å². The van der Waals surface area contributed by atoms with Crippen LogP contribution in [0.5, 0.6) is 0 Å². The van der Waals surface area contributed by atoms with Crippen molar-refractivity contribution in [2.45, 2.75) is 47.3 Å². The summed E-state index contributed by atoms with van der Waals surface area (Å²) >= 11 is 3.96. The van der Waals surface area contributed by atoms with Crippen LogP contribution in [-0.2, 0) is 11.0 Å². The lowest BCUT2D eigenvalue weighted by Gasteiger charge is -2.36. The molecule has 3 unspecified atom stereocenters. The molecule has 5 aliphatic rings. The lowest BCUT2D eigenvalue weighted by atomic mass is 9.82. The van der Waals surface area contributed by atoms with Crippen LogP contribution in [0.3, 0.4) is 0 Å². The number of benzene rings is 7. The van der Waals surface area contributed by atoms with Crippen LogP contribution >= 0.6 is 23.1 Å². The minimum Gasteiger partial charge on any atom is -0.327 e. The van der Waals surface area contributed by atoms with Gasteiger partial charge in [-0.2, -0.15) is 0 Å². The minimum absolute atomic E-state index is 0.124. The molecule has 3 atom stereocenters. The molecule has 8 aromatic rings. The molecule has 0 radical (unpaired) electrons. The summed E-state index contributed by atoms with van der Waals surface area (Å²) < 4.78 is 1.34. The van der Waals surface area contributed by atoms with Crippen molar-refractivity contribution in [1.29, 1.82) is 0 Å². The Balaban J connectivity index is 1.03. The molecule has 1 aliphatic heterocycles. The Kier molecular flexibility index (Phi) is 7.60. The third-order valence-electron chi connectivity index (χ3n) is 13.9. The molecular weight excluding hydrogens is 777 g/mol. The van der Waals surface area contributed by atoms with E-state index in [0.29, 0.717) is 0 Å². The van der Waals surface area contributed by atoms with Gasteiger partial charge in [0.1, 0.15) is 0 Å². The van der Waals surface area contributed by atoms with Gasteiger partial charge in [0.25, 0.3) is 0 Å². The summed E-state index contributed by atoms with van der Waals surface area (Å²) in [6, 6.07) is 65.7. The van der Waals surface area contributed by atoms with Gasteiger partial charge in [-0.05, 0) is 117 Å². The van der Waals surface area contributed by atoms with Gasteiger partial charge in [-0.1, -0.05) is 135 Å². The van der Waals surface area contributed by atoms with Gasteiger partial charge in [-0.15, -0.1) is 23.1 Å². The molecule has 2 nitrogen and oxygen atoms in total. The molecule has 0 amide bonds. The summed E-state index contributed by atoms with van der Waals surface area (Å²) in [5, 5.41) is 1.56. The number of rotatable bonds is 7. The second kappa shape index (κ2) is 13.1. The topological polar surface area (TPSA) is 6.48 Å². The molecule has 1 fully saturated rings. The van der Waals surface area contributed by atoms with Crippen LogP contribution in [0.1, 0.15) is 58.9 Å². The second-order valence-electron chi connectivity index (χ2n) is 17.6. The maximum Gasteiger partial charge on any atom is 0.0977 e. The number of hydrogen-bond donors (Lipinski definition) is 0. The number of hydrogen-bond acceptors (Lipinski definition) is 4. The van der Waals surface area contributed by atoms with Crippen molar-refractivity contribution >= 4 is 67.6 Å². The number of thioether (sulfide) groups is 1. The van der Waals surface area contributed by atoms with Gasteiger partial charge in [0.05, 0.1) is 10.8 Å². The fourth-order valence-corrected chi connectivity index (χ4v) is 13.7. The van der Waals surface area contributed by atoms with Crippen LogP contribution in [0.25, 0.3) is 32.9 Å². The van der Waals surface area contributed by atoms with Gasteiger partial charge in [0.2, 0.25) is 0 Å². The summed E-state index contributed by atoms with van der Waals surface area (Å²) in [6.45, 7) is 4.79. The fourth-order valence-electron chi connectivity index (χ4n) is 11.1. The van der Waals surface area contributed by atoms with E-state index in [-0.39, 0.29) is 22.1 Å². The summed E-state index contributed by atoms with van der Waals surface area (Å²) in [5.74, 6) is 0.245. The van der Waals surface area contributed by atoms with Crippen LogP contribution in [-0.4, -0.2) is 5.25 Å². The van der Waals surface area contributed by atoms with Crippen molar-refractivity contribution in [3.8, 4) is 11.1 Å². The van der Waals surface area contributed by atoms with Gasteiger partial charge >= 0.3 is 0 Å². The van der Waals surface area contributed by atoms with E-state index >= 15 is 0 Å². The average Bonchev–Trinajstić information content (AvgIpc) is 3.55. The van der Waals surface area contributed by atoms with E-state index in [4.69, 9.17) is 0 Å². The first-order valence-corrected chi connectivity index (χ1v) is 23.1. The third kappa shape index (κ3) is 5.16. The van der Waals surface area contributed by atoms with E-state index in [0.717, 1.165) is 6.42 Å². The normalized spacial score (nSPS) is 20.7. The molecule has 0 spiro atoms. The van der Waals surface area contributed by atoms with Crippen molar-refractivity contribution in [2.75, 3.05) is 9.80 Å². The average molecular weight is 819 g/mol. The number of anilines is 4. The monoisotopic (exact) mass is 818 g/mol. The van der Waals surface area contributed by atoms with Crippen LogP contribution in [0, 0.1) is 0 Å². The molecule has 1 saturated carbocycles. The smallest absolute Gasteiger partial charge is 0.0977 e. The second-order valence-corrected chi connectivity index (χ2v) is 19.9. The van der Waals surface area contributed by atoms with Crippen LogP contribution in [0.15, 0.2) is 204 Å². The molecular formula is C57H42N2S2. The number of fused-ring (bicyclic) bond motifs is 11. The van der Waals surface area contributed by atoms with Crippen molar-refractivity contribution < 1.29 is 0 Å². The minimum atomic E-state index is -0.218. The molecule has 4 aliphatic carbocycles. The van der Waals surface area contributed by atoms with Crippen molar-refractivity contribution in [3.05, 3.63) is 232 Å².